The lowest BCUT2D eigenvalue weighted by molar-refractivity contribution is 0.926. The molecule has 0 aliphatic rings. The van der Waals surface area contributed by atoms with Crippen molar-refractivity contribution in [3.8, 4) is 9.75 Å². The number of aryl methyl sites for hydroxylation is 2. The van der Waals surface area contributed by atoms with Crippen molar-refractivity contribution in [1.82, 2.24) is 0 Å². The smallest absolute Gasteiger partial charge is 0.0445 e. The standard InChI is InChI=1S/C14H18S2/c1-3-5-11-7-13(15-9-11)14-8-12(6-4-2)10-16-14/h7-10H,3-6H2,1-2H3. The van der Waals surface area contributed by atoms with Gasteiger partial charge in [-0.1, -0.05) is 26.7 Å². The minimum Gasteiger partial charge on any atom is -0.143 e. The molecule has 0 atom stereocenters. The van der Waals surface area contributed by atoms with Gasteiger partial charge in [-0.3, -0.25) is 0 Å². The van der Waals surface area contributed by atoms with Gasteiger partial charge in [-0.25, -0.2) is 0 Å². The molecular weight excluding hydrogens is 232 g/mol. The molecule has 0 saturated heterocycles. The van der Waals surface area contributed by atoms with Gasteiger partial charge in [-0.2, -0.15) is 0 Å². The highest BCUT2D eigenvalue weighted by molar-refractivity contribution is 7.20. The van der Waals surface area contributed by atoms with Crippen LogP contribution >= 0.6 is 22.7 Å². The van der Waals surface area contributed by atoms with Crippen LogP contribution in [0.2, 0.25) is 0 Å². The summed E-state index contributed by atoms with van der Waals surface area (Å²) in [5.41, 5.74) is 2.99. The van der Waals surface area contributed by atoms with Gasteiger partial charge in [-0.15, -0.1) is 22.7 Å². The maximum absolute atomic E-state index is 2.36. The molecule has 2 aromatic heterocycles. The van der Waals surface area contributed by atoms with E-state index in [0.29, 0.717) is 0 Å². The largest absolute Gasteiger partial charge is 0.143 e. The van der Waals surface area contributed by atoms with E-state index in [-0.39, 0.29) is 0 Å². The SMILES string of the molecule is CCCc1csc(-c2cc(CCC)cs2)c1. The van der Waals surface area contributed by atoms with Crippen molar-refractivity contribution < 1.29 is 0 Å². The normalized spacial score (nSPS) is 10.9. The fraction of sp³-hybridized carbons (Fsp3) is 0.429. The molecule has 0 radical (unpaired) electrons. The second-order valence-electron chi connectivity index (χ2n) is 4.14. The molecule has 0 aliphatic heterocycles. The van der Waals surface area contributed by atoms with Crippen molar-refractivity contribution in [3.05, 3.63) is 34.0 Å². The Hall–Kier alpha value is -0.600. The van der Waals surface area contributed by atoms with E-state index < -0.39 is 0 Å². The Morgan fingerprint density at radius 3 is 1.62 bits per heavy atom. The fourth-order valence-corrected chi connectivity index (χ4v) is 3.86. The van der Waals surface area contributed by atoms with E-state index in [1.165, 1.54) is 46.6 Å². The van der Waals surface area contributed by atoms with Crippen LogP contribution in [-0.4, -0.2) is 0 Å². The van der Waals surface area contributed by atoms with E-state index >= 15 is 0 Å². The molecule has 0 N–H and O–H groups in total. The summed E-state index contributed by atoms with van der Waals surface area (Å²) in [6.45, 7) is 4.48. The van der Waals surface area contributed by atoms with Gasteiger partial charge < -0.3 is 0 Å². The highest BCUT2D eigenvalue weighted by Crippen LogP contribution is 2.33. The van der Waals surface area contributed by atoms with Crippen molar-refractivity contribution in [1.29, 1.82) is 0 Å². The Kier molecular flexibility index (Phi) is 4.19. The molecule has 0 unspecified atom stereocenters. The molecule has 2 heterocycles. The Morgan fingerprint density at radius 1 is 0.812 bits per heavy atom. The maximum Gasteiger partial charge on any atom is 0.0445 e. The quantitative estimate of drug-likeness (QED) is 0.668. The first-order valence-corrected chi connectivity index (χ1v) is 7.74. The molecule has 0 bridgehead atoms. The molecule has 0 aliphatic carbocycles. The first-order chi connectivity index (χ1) is 7.83. The first kappa shape index (κ1) is 11.9. The van der Waals surface area contributed by atoms with Crippen molar-refractivity contribution in [2.45, 2.75) is 39.5 Å². The summed E-state index contributed by atoms with van der Waals surface area (Å²) in [6.07, 6.45) is 4.90. The van der Waals surface area contributed by atoms with Gasteiger partial charge in [0.25, 0.3) is 0 Å². The van der Waals surface area contributed by atoms with E-state index in [1.54, 1.807) is 0 Å². The highest BCUT2D eigenvalue weighted by atomic mass is 32.1. The van der Waals surface area contributed by atoms with E-state index in [2.05, 4.69) is 36.7 Å². The average Bonchev–Trinajstić information content (AvgIpc) is 2.87. The molecule has 0 saturated carbocycles. The summed E-state index contributed by atoms with van der Waals surface area (Å²) in [7, 11) is 0. The van der Waals surface area contributed by atoms with Crippen LogP contribution in [0.25, 0.3) is 9.75 Å². The molecule has 0 fully saturated rings. The van der Waals surface area contributed by atoms with Crippen LogP contribution in [0, 0.1) is 0 Å². The second-order valence-corrected chi connectivity index (χ2v) is 5.96. The lowest BCUT2D eigenvalue weighted by atomic mass is 10.1. The van der Waals surface area contributed by atoms with Crippen LogP contribution in [0.1, 0.15) is 37.8 Å². The van der Waals surface area contributed by atoms with Gasteiger partial charge >= 0.3 is 0 Å². The van der Waals surface area contributed by atoms with Gasteiger partial charge in [0, 0.05) is 9.75 Å². The molecule has 0 aromatic carbocycles. The van der Waals surface area contributed by atoms with Gasteiger partial charge in [0.1, 0.15) is 0 Å². The molecule has 2 aromatic rings. The van der Waals surface area contributed by atoms with Crippen molar-refractivity contribution in [2.75, 3.05) is 0 Å². The van der Waals surface area contributed by atoms with Gasteiger partial charge in [0.2, 0.25) is 0 Å². The minimum absolute atomic E-state index is 1.21. The molecule has 16 heavy (non-hydrogen) atoms. The molecule has 0 nitrogen and oxygen atoms in total. The number of hydrogen-bond donors (Lipinski definition) is 0. The van der Waals surface area contributed by atoms with E-state index in [4.69, 9.17) is 0 Å². The lowest BCUT2D eigenvalue weighted by Gasteiger charge is -1.91. The van der Waals surface area contributed by atoms with Crippen LogP contribution in [0.3, 0.4) is 0 Å². The van der Waals surface area contributed by atoms with Crippen LogP contribution < -0.4 is 0 Å². The molecular formula is C14H18S2. The summed E-state index contributed by atoms with van der Waals surface area (Å²) in [4.78, 5) is 2.88. The maximum atomic E-state index is 2.36. The second kappa shape index (κ2) is 5.65. The number of thiophene rings is 2. The summed E-state index contributed by atoms with van der Waals surface area (Å²) < 4.78 is 0. The predicted octanol–water partition coefficient (Wildman–Crippen LogP) is 5.38. The summed E-state index contributed by atoms with van der Waals surface area (Å²) in [5.74, 6) is 0. The Bertz CT molecular complexity index is 395. The van der Waals surface area contributed by atoms with Crippen LogP contribution in [-0.2, 0) is 12.8 Å². The molecule has 86 valence electrons. The zero-order chi connectivity index (χ0) is 11.4. The summed E-state index contributed by atoms with van der Waals surface area (Å²) in [6, 6.07) is 4.71. The van der Waals surface area contributed by atoms with Crippen LogP contribution in [0.5, 0.6) is 0 Å². The third kappa shape index (κ3) is 2.74. The third-order valence-corrected chi connectivity index (χ3v) is 4.78. The minimum atomic E-state index is 1.21. The number of rotatable bonds is 5. The third-order valence-electron chi connectivity index (χ3n) is 2.63. The highest BCUT2D eigenvalue weighted by Gasteiger charge is 2.05. The summed E-state index contributed by atoms with van der Waals surface area (Å²) in [5, 5.41) is 4.61. The van der Waals surface area contributed by atoms with E-state index in [0.717, 1.165) is 0 Å². The monoisotopic (exact) mass is 250 g/mol. The predicted molar refractivity (Wildman–Crippen MR) is 75.6 cm³/mol. The van der Waals surface area contributed by atoms with Crippen molar-refractivity contribution >= 4 is 22.7 Å². The van der Waals surface area contributed by atoms with Gasteiger partial charge in [0.05, 0.1) is 0 Å². The number of hydrogen-bond acceptors (Lipinski definition) is 2. The van der Waals surface area contributed by atoms with Crippen molar-refractivity contribution in [3.63, 3.8) is 0 Å². The lowest BCUT2D eigenvalue weighted by Crippen LogP contribution is -1.76. The Balaban J connectivity index is 2.14. The van der Waals surface area contributed by atoms with Crippen molar-refractivity contribution in [2.24, 2.45) is 0 Å². The zero-order valence-electron chi connectivity index (χ0n) is 9.95. The van der Waals surface area contributed by atoms with E-state index in [9.17, 15) is 0 Å². The van der Waals surface area contributed by atoms with Crippen LogP contribution in [0.15, 0.2) is 22.9 Å². The average molecular weight is 250 g/mol. The zero-order valence-corrected chi connectivity index (χ0v) is 11.6. The molecule has 2 heteroatoms. The Morgan fingerprint density at radius 2 is 1.25 bits per heavy atom. The Labute approximate surface area is 106 Å². The fourth-order valence-electron chi connectivity index (χ4n) is 1.85. The molecule has 2 rings (SSSR count). The van der Waals surface area contributed by atoms with Crippen LogP contribution in [0.4, 0.5) is 0 Å². The molecule has 0 spiro atoms. The molecule has 0 amide bonds. The van der Waals surface area contributed by atoms with Gasteiger partial charge in [0.15, 0.2) is 0 Å². The topological polar surface area (TPSA) is 0 Å². The van der Waals surface area contributed by atoms with Gasteiger partial charge in [-0.05, 0) is 46.9 Å². The summed E-state index contributed by atoms with van der Waals surface area (Å²) >= 11 is 3.77. The first-order valence-electron chi connectivity index (χ1n) is 5.98. The van der Waals surface area contributed by atoms with E-state index in [1.807, 2.05) is 22.7 Å².